The molecule has 0 atom stereocenters. The minimum atomic E-state index is -0.546. The van der Waals surface area contributed by atoms with Crippen molar-refractivity contribution in [2.45, 2.75) is 40.7 Å². The van der Waals surface area contributed by atoms with Crippen LogP contribution in [0.4, 0.5) is 5.69 Å². The highest BCUT2D eigenvalue weighted by Gasteiger charge is 2.19. The monoisotopic (exact) mass is 386 g/mol. The number of nitrogens with one attached hydrogen (secondary N) is 1. The molecule has 0 bridgehead atoms. The van der Waals surface area contributed by atoms with Crippen molar-refractivity contribution in [3.63, 3.8) is 0 Å². The van der Waals surface area contributed by atoms with Gasteiger partial charge in [0.15, 0.2) is 6.61 Å². The van der Waals surface area contributed by atoms with Crippen LogP contribution >= 0.6 is 0 Å². The van der Waals surface area contributed by atoms with Gasteiger partial charge in [-0.2, -0.15) is 0 Å². The van der Waals surface area contributed by atoms with E-state index >= 15 is 0 Å². The van der Waals surface area contributed by atoms with Crippen LogP contribution in [0.5, 0.6) is 0 Å². The molecule has 1 N–H and O–H groups in total. The van der Waals surface area contributed by atoms with E-state index in [1.54, 1.807) is 25.1 Å². The molecule has 2 aromatic rings. The van der Waals surface area contributed by atoms with E-state index in [0.717, 1.165) is 17.0 Å². The number of benzene rings is 1. The Kier molecular flexibility index (Phi) is 6.62. The average Bonchev–Trinajstić information content (AvgIpc) is 2.95. The number of anilines is 1. The summed E-state index contributed by atoms with van der Waals surface area (Å²) in [7, 11) is 1.29. The number of amides is 1. The number of aryl methyl sites for hydroxylation is 2. The number of ether oxygens (including phenoxy) is 2. The van der Waals surface area contributed by atoms with Gasteiger partial charge in [-0.1, -0.05) is 6.07 Å². The Morgan fingerprint density at radius 1 is 1.07 bits per heavy atom. The van der Waals surface area contributed by atoms with Crippen LogP contribution in [0.2, 0.25) is 0 Å². The van der Waals surface area contributed by atoms with E-state index in [9.17, 15) is 14.4 Å². The highest BCUT2D eigenvalue weighted by atomic mass is 16.5. The predicted molar refractivity (Wildman–Crippen MR) is 106 cm³/mol. The summed E-state index contributed by atoms with van der Waals surface area (Å²) in [6.45, 7) is 9.22. The van der Waals surface area contributed by atoms with Crippen molar-refractivity contribution in [3.8, 4) is 0 Å². The SMILES string of the molecule is COC(=O)c1ccc(C)c(NC(=O)COC(=O)c2cc(C)n(C(C)C)c2C)c1. The first-order chi connectivity index (χ1) is 13.1. The van der Waals surface area contributed by atoms with Crippen LogP contribution in [0.15, 0.2) is 24.3 Å². The van der Waals surface area contributed by atoms with Crippen LogP contribution in [0.3, 0.4) is 0 Å². The normalized spacial score (nSPS) is 10.7. The Morgan fingerprint density at radius 2 is 1.75 bits per heavy atom. The molecule has 0 spiro atoms. The third-order valence-corrected chi connectivity index (χ3v) is 4.49. The summed E-state index contributed by atoms with van der Waals surface area (Å²) < 4.78 is 11.9. The summed E-state index contributed by atoms with van der Waals surface area (Å²) in [5, 5.41) is 2.66. The molecule has 1 aromatic heterocycles. The molecular formula is C21H26N2O5. The molecule has 28 heavy (non-hydrogen) atoms. The van der Waals surface area contributed by atoms with Gasteiger partial charge in [0.1, 0.15) is 0 Å². The van der Waals surface area contributed by atoms with Crippen LogP contribution < -0.4 is 5.32 Å². The van der Waals surface area contributed by atoms with Crippen LogP contribution in [0.25, 0.3) is 0 Å². The fraction of sp³-hybridized carbons (Fsp3) is 0.381. The number of nitrogens with zero attached hydrogens (tertiary/aromatic N) is 1. The van der Waals surface area contributed by atoms with Gasteiger partial charge in [0.2, 0.25) is 0 Å². The molecule has 0 aliphatic carbocycles. The van der Waals surface area contributed by atoms with Gasteiger partial charge in [-0.15, -0.1) is 0 Å². The van der Waals surface area contributed by atoms with E-state index < -0.39 is 24.5 Å². The van der Waals surface area contributed by atoms with Gasteiger partial charge in [-0.05, 0) is 58.4 Å². The first kappa shape index (κ1) is 21.2. The Morgan fingerprint density at radius 3 is 2.32 bits per heavy atom. The van der Waals surface area contributed by atoms with Gasteiger partial charge < -0.3 is 19.4 Å². The van der Waals surface area contributed by atoms with Gasteiger partial charge in [-0.3, -0.25) is 4.79 Å². The lowest BCUT2D eigenvalue weighted by Gasteiger charge is -2.13. The first-order valence-corrected chi connectivity index (χ1v) is 9.00. The molecule has 1 aromatic carbocycles. The molecule has 0 fully saturated rings. The van der Waals surface area contributed by atoms with Crippen LogP contribution in [0, 0.1) is 20.8 Å². The molecule has 0 aliphatic rings. The molecule has 150 valence electrons. The molecule has 7 nitrogen and oxygen atoms in total. The third kappa shape index (κ3) is 4.60. The van der Waals surface area contributed by atoms with E-state index in [0.29, 0.717) is 16.8 Å². The Balaban J connectivity index is 2.04. The number of hydrogen-bond donors (Lipinski definition) is 1. The van der Waals surface area contributed by atoms with Crippen molar-refractivity contribution < 1.29 is 23.9 Å². The lowest BCUT2D eigenvalue weighted by molar-refractivity contribution is -0.119. The maximum absolute atomic E-state index is 12.4. The van der Waals surface area contributed by atoms with Crippen LogP contribution in [-0.2, 0) is 14.3 Å². The number of rotatable bonds is 6. The van der Waals surface area contributed by atoms with E-state index in [1.807, 2.05) is 32.3 Å². The lowest BCUT2D eigenvalue weighted by Crippen LogP contribution is -2.22. The minimum Gasteiger partial charge on any atom is -0.465 e. The molecule has 0 unspecified atom stereocenters. The number of esters is 2. The Hall–Kier alpha value is -3.09. The molecule has 2 rings (SSSR count). The zero-order valence-electron chi connectivity index (χ0n) is 17.1. The van der Waals surface area contributed by atoms with Gasteiger partial charge in [0.25, 0.3) is 5.91 Å². The first-order valence-electron chi connectivity index (χ1n) is 9.00. The molecule has 0 aliphatic heterocycles. The number of methoxy groups -OCH3 is 1. The van der Waals surface area contributed by atoms with Crippen LogP contribution in [0.1, 0.15) is 57.6 Å². The lowest BCUT2D eigenvalue weighted by atomic mass is 10.1. The van der Waals surface area contributed by atoms with E-state index in [-0.39, 0.29) is 6.04 Å². The van der Waals surface area contributed by atoms with Crippen LogP contribution in [-0.4, -0.2) is 36.1 Å². The highest BCUT2D eigenvalue weighted by Crippen LogP contribution is 2.21. The van der Waals surface area contributed by atoms with Crippen molar-refractivity contribution in [2.24, 2.45) is 0 Å². The smallest absolute Gasteiger partial charge is 0.340 e. The maximum Gasteiger partial charge on any atom is 0.340 e. The zero-order chi connectivity index (χ0) is 21.0. The fourth-order valence-corrected chi connectivity index (χ4v) is 3.17. The highest BCUT2D eigenvalue weighted by molar-refractivity contribution is 5.98. The summed E-state index contributed by atoms with van der Waals surface area (Å²) in [5.41, 5.74) is 3.76. The molecule has 7 heteroatoms. The van der Waals surface area contributed by atoms with Crippen molar-refractivity contribution >= 4 is 23.5 Å². The third-order valence-electron chi connectivity index (χ3n) is 4.49. The Labute approximate surface area is 164 Å². The van der Waals surface area contributed by atoms with Gasteiger partial charge in [0.05, 0.1) is 18.2 Å². The zero-order valence-corrected chi connectivity index (χ0v) is 17.1. The fourth-order valence-electron chi connectivity index (χ4n) is 3.17. The van der Waals surface area contributed by atoms with Crippen molar-refractivity contribution in [1.29, 1.82) is 0 Å². The van der Waals surface area contributed by atoms with E-state index in [2.05, 4.69) is 10.1 Å². The molecule has 0 saturated carbocycles. The summed E-state index contributed by atoms with van der Waals surface area (Å²) in [5.74, 6) is -1.53. The molecule has 1 heterocycles. The largest absolute Gasteiger partial charge is 0.465 e. The Bertz CT molecular complexity index is 912. The number of carbonyl (C=O) groups is 3. The van der Waals surface area contributed by atoms with Gasteiger partial charge in [-0.25, -0.2) is 9.59 Å². The number of hydrogen-bond acceptors (Lipinski definition) is 5. The second-order valence-electron chi connectivity index (χ2n) is 6.89. The van der Waals surface area contributed by atoms with Gasteiger partial charge >= 0.3 is 11.9 Å². The molecular weight excluding hydrogens is 360 g/mol. The minimum absolute atomic E-state index is 0.218. The second kappa shape index (κ2) is 8.73. The van der Waals surface area contributed by atoms with Crippen molar-refractivity contribution in [1.82, 2.24) is 4.57 Å². The number of carbonyl (C=O) groups excluding carboxylic acids is 3. The summed E-state index contributed by atoms with van der Waals surface area (Å²) in [6.07, 6.45) is 0. The molecule has 1 amide bonds. The van der Waals surface area contributed by atoms with E-state index in [4.69, 9.17) is 4.74 Å². The maximum atomic E-state index is 12.4. The topological polar surface area (TPSA) is 86.6 Å². The predicted octanol–water partition coefficient (Wildman–Crippen LogP) is 3.58. The van der Waals surface area contributed by atoms with Crippen molar-refractivity contribution in [3.05, 3.63) is 52.3 Å². The molecule has 0 saturated heterocycles. The molecule has 0 radical (unpaired) electrons. The second-order valence-corrected chi connectivity index (χ2v) is 6.89. The van der Waals surface area contributed by atoms with E-state index in [1.165, 1.54) is 13.2 Å². The summed E-state index contributed by atoms with van der Waals surface area (Å²) in [4.78, 5) is 36.2. The quantitative estimate of drug-likeness (QED) is 0.767. The van der Waals surface area contributed by atoms with Crippen molar-refractivity contribution in [2.75, 3.05) is 19.0 Å². The average molecular weight is 386 g/mol. The number of aromatic nitrogens is 1. The van der Waals surface area contributed by atoms with Gasteiger partial charge in [0, 0.05) is 23.1 Å². The summed E-state index contributed by atoms with van der Waals surface area (Å²) in [6, 6.07) is 6.82. The summed E-state index contributed by atoms with van der Waals surface area (Å²) >= 11 is 0. The standard InChI is InChI=1S/C21H26N2O5/c1-12(2)23-14(4)9-17(15(23)5)21(26)28-11-19(24)22-18-10-16(20(25)27-6)8-7-13(18)3/h7-10,12H,11H2,1-6H3,(H,22,24).